The predicted molar refractivity (Wildman–Crippen MR) is 152 cm³/mol. The minimum atomic E-state index is -4.15. The maximum Gasteiger partial charge on any atom is 0.412 e. The van der Waals surface area contributed by atoms with Crippen molar-refractivity contribution in [3.8, 4) is 11.8 Å². The Balaban J connectivity index is 1.73. The van der Waals surface area contributed by atoms with E-state index in [4.69, 9.17) is 4.74 Å². The Morgan fingerprint density at radius 1 is 1.16 bits per heavy atom. The number of thioether (sulfide) groups is 1. The maximum atomic E-state index is 13.4. The third kappa shape index (κ3) is 7.06. The zero-order chi connectivity index (χ0) is 27.4. The number of unbranched alkanes of at least 4 members (excludes halogenated alkanes) is 1. The molecule has 0 radical (unpaired) electrons. The van der Waals surface area contributed by atoms with Gasteiger partial charge in [-0.05, 0) is 117 Å². The standard InChI is InChI=1S/C26H27IN2O6S2/c1-17-9-12-20(28-23(31)35-25(2,3)4)16-18(17)8-6-5-7-15-26(22(30)29-24(32)36-26)37(33,34)21-13-10-19(27)11-14-21/h9-14,16H,5,7,15H2,1-4H3,(H,28,31)(H,29,30,32). The number of amides is 3. The van der Waals surface area contributed by atoms with E-state index in [0.29, 0.717) is 29.4 Å². The average Bonchev–Trinajstić information content (AvgIpc) is 3.09. The quantitative estimate of drug-likeness (QED) is 0.236. The molecule has 1 aliphatic heterocycles. The number of benzene rings is 2. The number of imide groups is 1. The molecule has 3 amide bonds. The van der Waals surface area contributed by atoms with E-state index in [1.54, 1.807) is 45.0 Å². The van der Waals surface area contributed by atoms with Crippen LogP contribution in [0.3, 0.4) is 0 Å². The third-order valence-corrected chi connectivity index (χ3v) is 10.1. The van der Waals surface area contributed by atoms with E-state index in [1.807, 2.05) is 13.0 Å². The van der Waals surface area contributed by atoms with Crippen LogP contribution in [0.1, 0.15) is 51.2 Å². The van der Waals surface area contributed by atoms with Crippen molar-refractivity contribution in [1.29, 1.82) is 0 Å². The van der Waals surface area contributed by atoms with Gasteiger partial charge in [0.1, 0.15) is 5.60 Å². The number of rotatable bonds is 6. The highest BCUT2D eigenvalue weighted by atomic mass is 127. The second kappa shape index (κ2) is 11.4. The molecule has 2 aromatic carbocycles. The first-order chi connectivity index (χ1) is 17.2. The van der Waals surface area contributed by atoms with E-state index in [-0.39, 0.29) is 17.7 Å². The summed E-state index contributed by atoms with van der Waals surface area (Å²) in [5, 5.41) is 4.12. The number of carbonyl (C=O) groups is 3. The monoisotopic (exact) mass is 654 g/mol. The van der Waals surface area contributed by atoms with E-state index >= 15 is 0 Å². The van der Waals surface area contributed by atoms with Crippen LogP contribution in [0.25, 0.3) is 0 Å². The summed E-state index contributed by atoms with van der Waals surface area (Å²) in [4.78, 5) is 36.8. The molecule has 1 fully saturated rings. The molecular formula is C26H27IN2O6S2. The van der Waals surface area contributed by atoms with Crippen molar-refractivity contribution in [2.45, 2.75) is 61.5 Å². The molecule has 2 aromatic rings. The van der Waals surface area contributed by atoms with Gasteiger partial charge in [-0.1, -0.05) is 17.9 Å². The molecule has 1 saturated heterocycles. The van der Waals surface area contributed by atoms with Gasteiger partial charge in [0, 0.05) is 21.2 Å². The molecule has 37 heavy (non-hydrogen) atoms. The lowest BCUT2D eigenvalue weighted by Gasteiger charge is -2.24. The van der Waals surface area contributed by atoms with Crippen LogP contribution >= 0.6 is 34.4 Å². The van der Waals surface area contributed by atoms with Gasteiger partial charge in [0.15, 0.2) is 0 Å². The van der Waals surface area contributed by atoms with Gasteiger partial charge in [0.2, 0.25) is 13.9 Å². The van der Waals surface area contributed by atoms with Crippen molar-refractivity contribution in [2.24, 2.45) is 0 Å². The summed E-state index contributed by atoms with van der Waals surface area (Å²) in [6.07, 6.45) is -0.0667. The third-order valence-electron chi connectivity index (χ3n) is 5.29. The first kappa shape index (κ1) is 29.0. The van der Waals surface area contributed by atoms with Gasteiger partial charge >= 0.3 is 6.09 Å². The number of carbonyl (C=O) groups excluding carboxylic acids is 3. The summed E-state index contributed by atoms with van der Waals surface area (Å²) < 4.78 is 31.1. The van der Waals surface area contributed by atoms with Gasteiger partial charge in [0.05, 0.1) is 4.90 Å². The lowest BCUT2D eigenvalue weighted by atomic mass is 10.1. The number of hydrogen-bond donors (Lipinski definition) is 2. The van der Waals surface area contributed by atoms with E-state index < -0.39 is 36.8 Å². The van der Waals surface area contributed by atoms with Crippen LogP contribution in [0.5, 0.6) is 0 Å². The molecule has 0 aliphatic carbocycles. The second-order valence-electron chi connectivity index (χ2n) is 9.37. The van der Waals surface area contributed by atoms with Crippen molar-refractivity contribution in [3.63, 3.8) is 0 Å². The zero-order valence-corrected chi connectivity index (χ0v) is 24.6. The van der Waals surface area contributed by atoms with Crippen LogP contribution in [0.4, 0.5) is 15.3 Å². The summed E-state index contributed by atoms with van der Waals surface area (Å²) in [5.74, 6) is 5.23. The highest BCUT2D eigenvalue weighted by Crippen LogP contribution is 2.44. The Bertz CT molecular complexity index is 1390. The molecule has 0 bridgehead atoms. The summed E-state index contributed by atoms with van der Waals surface area (Å²) >= 11 is 2.57. The first-order valence-corrected chi connectivity index (χ1v) is 14.8. The molecule has 1 heterocycles. The van der Waals surface area contributed by atoms with Gasteiger partial charge in [-0.3, -0.25) is 20.2 Å². The van der Waals surface area contributed by atoms with E-state index in [1.165, 1.54) is 12.1 Å². The van der Waals surface area contributed by atoms with E-state index in [0.717, 1.165) is 9.13 Å². The average molecular weight is 655 g/mol. The van der Waals surface area contributed by atoms with Gasteiger partial charge in [-0.2, -0.15) is 0 Å². The summed E-state index contributed by atoms with van der Waals surface area (Å²) in [5.41, 5.74) is 1.50. The van der Waals surface area contributed by atoms with Crippen molar-refractivity contribution < 1.29 is 27.5 Å². The summed E-state index contributed by atoms with van der Waals surface area (Å²) in [6.45, 7) is 7.21. The van der Waals surface area contributed by atoms with Crippen LogP contribution in [0, 0.1) is 22.3 Å². The van der Waals surface area contributed by atoms with Crippen LogP contribution in [-0.2, 0) is 19.4 Å². The lowest BCUT2D eigenvalue weighted by Crippen LogP contribution is -2.43. The smallest absolute Gasteiger partial charge is 0.412 e. The fourth-order valence-electron chi connectivity index (χ4n) is 3.51. The van der Waals surface area contributed by atoms with Crippen LogP contribution in [-0.4, -0.2) is 35.3 Å². The number of sulfone groups is 1. The molecule has 8 nitrogen and oxygen atoms in total. The number of hydrogen-bond acceptors (Lipinski definition) is 7. The Hall–Kier alpha value is -2.56. The molecule has 1 unspecified atom stereocenters. The maximum absolute atomic E-state index is 13.4. The fourth-order valence-corrected chi connectivity index (χ4v) is 7.24. The minimum Gasteiger partial charge on any atom is -0.444 e. The summed E-state index contributed by atoms with van der Waals surface area (Å²) in [7, 11) is -4.15. The molecule has 0 aromatic heterocycles. The Kier molecular flexibility index (Phi) is 8.97. The molecular weight excluding hydrogens is 627 g/mol. The number of nitrogens with one attached hydrogen (secondary N) is 2. The predicted octanol–water partition coefficient (Wildman–Crippen LogP) is 5.62. The molecule has 1 aliphatic rings. The van der Waals surface area contributed by atoms with E-state index in [2.05, 4.69) is 45.1 Å². The van der Waals surface area contributed by atoms with Crippen molar-refractivity contribution >= 4 is 67.1 Å². The molecule has 3 rings (SSSR count). The van der Waals surface area contributed by atoms with Crippen molar-refractivity contribution in [3.05, 3.63) is 57.2 Å². The van der Waals surface area contributed by atoms with Crippen LogP contribution in [0.15, 0.2) is 47.4 Å². The van der Waals surface area contributed by atoms with Gasteiger partial charge in [0.25, 0.3) is 11.1 Å². The SMILES string of the molecule is Cc1ccc(NC(=O)OC(C)(C)C)cc1C#CCCCC1(S(=O)(=O)c2ccc(I)cc2)SC(=O)NC1=O. The molecule has 0 spiro atoms. The number of anilines is 1. The molecule has 0 saturated carbocycles. The lowest BCUT2D eigenvalue weighted by molar-refractivity contribution is -0.120. The molecule has 11 heteroatoms. The second-order valence-corrected chi connectivity index (χ2v) is 14.3. The first-order valence-electron chi connectivity index (χ1n) is 11.4. The molecule has 196 valence electrons. The van der Waals surface area contributed by atoms with Gasteiger partial charge in [-0.25, -0.2) is 13.2 Å². The molecule has 2 N–H and O–H groups in total. The van der Waals surface area contributed by atoms with Crippen LogP contribution < -0.4 is 10.6 Å². The Labute approximate surface area is 234 Å². The largest absolute Gasteiger partial charge is 0.444 e. The minimum absolute atomic E-state index is 0.0127. The van der Waals surface area contributed by atoms with Crippen LogP contribution in [0.2, 0.25) is 0 Å². The highest BCUT2D eigenvalue weighted by Gasteiger charge is 2.57. The Morgan fingerprint density at radius 3 is 2.43 bits per heavy atom. The number of aryl methyl sites for hydroxylation is 1. The topological polar surface area (TPSA) is 119 Å². The number of halogens is 1. The number of ether oxygens (including phenoxy) is 1. The Morgan fingerprint density at radius 2 is 1.84 bits per heavy atom. The van der Waals surface area contributed by atoms with Crippen molar-refractivity contribution in [2.75, 3.05) is 5.32 Å². The fraction of sp³-hybridized carbons (Fsp3) is 0.346. The normalized spacial score (nSPS) is 17.5. The van der Waals surface area contributed by atoms with Gasteiger partial charge < -0.3 is 4.74 Å². The highest BCUT2D eigenvalue weighted by molar-refractivity contribution is 14.1. The zero-order valence-electron chi connectivity index (χ0n) is 20.8. The van der Waals surface area contributed by atoms with Gasteiger partial charge in [-0.15, -0.1) is 0 Å². The van der Waals surface area contributed by atoms with Crippen molar-refractivity contribution in [1.82, 2.24) is 5.32 Å². The van der Waals surface area contributed by atoms with E-state index in [9.17, 15) is 22.8 Å². The molecule has 1 atom stereocenters. The summed E-state index contributed by atoms with van der Waals surface area (Å²) in [6, 6.07) is 11.5.